The van der Waals surface area contributed by atoms with Crippen molar-refractivity contribution in [2.24, 2.45) is 0 Å². The van der Waals surface area contributed by atoms with Crippen molar-refractivity contribution in [1.29, 1.82) is 0 Å². The molecule has 0 spiro atoms. The molecular formula is C25H26ClN5O2. The molecule has 0 radical (unpaired) electrons. The van der Waals surface area contributed by atoms with Crippen molar-refractivity contribution in [3.63, 3.8) is 0 Å². The Balaban J connectivity index is 1.61. The molecule has 0 atom stereocenters. The molecule has 3 heterocycles. The highest BCUT2D eigenvalue weighted by Gasteiger charge is 2.21. The number of halogens is 1. The van der Waals surface area contributed by atoms with Gasteiger partial charge in [-0.25, -0.2) is 9.78 Å². The molecule has 0 fully saturated rings. The molecule has 0 bridgehead atoms. The molecule has 3 aromatic rings. The second-order valence-electron chi connectivity index (χ2n) is 7.84. The van der Waals surface area contributed by atoms with Crippen LogP contribution >= 0.6 is 11.6 Å². The van der Waals surface area contributed by atoms with Gasteiger partial charge in [0.05, 0.1) is 17.8 Å². The predicted molar refractivity (Wildman–Crippen MR) is 133 cm³/mol. The van der Waals surface area contributed by atoms with Crippen molar-refractivity contribution in [1.82, 2.24) is 19.8 Å². The SMILES string of the molecule is C#Cc1cc(Nc2ccnc3[nH]c(C4=CCN(C(=O)N(C)CC)CC4)cc23)cc(OC)c1Cl. The third-order valence-electron chi connectivity index (χ3n) is 5.85. The first kappa shape index (κ1) is 22.6. The van der Waals surface area contributed by atoms with Crippen molar-refractivity contribution >= 4 is 45.6 Å². The number of fused-ring (bicyclic) bond motifs is 1. The number of hydrogen-bond donors (Lipinski definition) is 2. The number of amides is 2. The number of carbonyl (C=O) groups is 1. The van der Waals surface area contributed by atoms with Crippen LogP contribution in [0.5, 0.6) is 5.75 Å². The second-order valence-corrected chi connectivity index (χ2v) is 8.21. The van der Waals surface area contributed by atoms with Crippen LogP contribution in [0.3, 0.4) is 0 Å². The summed E-state index contributed by atoms with van der Waals surface area (Å²) in [6.45, 7) is 3.94. The van der Waals surface area contributed by atoms with Crippen LogP contribution in [0.1, 0.15) is 24.6 Å². The van der Waals surface area contributed by atoms with E-state index < -0.39 is 0 Å². The smallest absolute Gasteiger partial charge is 0.320 e. The molecule has 4 rings (SSSR count). The first-order chi connectivity index (χ1) is 15.9. The predicted octanol–water partition coefficient (Wildman–Crippen LogP) is 5.11. The summed E-state index contributed by atoms with van der Waals surface area (Å²) in [6.07, 6.45) is 10.2. The second kappa shape index (κ2) is 9.47. The van der Waals surface area contributed by atoms with E-state index >= 15 is 0 Å². The van der Waals surface area contributed by atoms with Crippen molar-refractivity contribution in [3.05, 3.63) is 52.8 Å². The van der Waals surface area contributed by atoms with Gasteiger partial charge in [0.25, 0.3) is 0 Å². The fourth-order valence-corrected chi connectivity index (χ4v) is 4.09. The number of aromatic amines is 1. The van der Waals surface area contributed by atoms with Gasteiger partial charge in [0, 0.05) is 61.3 Å². The van der Waals surface area contributed by atoms with Crippen molar-refractivity contribution in [3.8, 4) is 18.1 Å². The first-order valence-corrected chi connectivity index (χ1v) is 11.1. The lowest BCUT2D eigenvalue weighted by atomic mass is 10.0. The number of benzene rings is 1. The van der Waals surface area contributed by atoms with E-state index in [1.165, 1.54) is 5.57 Å². The Morgan fingerprint density at radius 1 is 1.42 bits per heavy atom. The van der Waals surface area contributed by atoms with Gasteiger partial charge in [-0.2, -0.15) is 0 Å². The molecule has 2 aromatic heterocycles. The normalized spacial score (nSPS) is 13.4. The topological polar surface area (TPSA) is 73.5 Å². The summed E-state index contributed by atoms with van der Waals surface area (Å²) >= 11 is 6.28. The highest BCUT2D eigenvalue weighted by Crippen LogP contribution is 2.35. The quantitative estimate of drug-likeness (QED) is 0.515. The Morgan fingerprint density at radius 2 is 2.24 bits per heavy atom. The molecule has 2 N–H and O–H groups in total. The molecule has 1 aromatic carbocycles. The zero-order valence-corrected chi connectivity index (χ0v) is 19.7. The van der Waals surface area contributed by atoms with Gasteiger partial charge in [0.15, 0.2) is 0 Å². The first-order valence-electron chi connectivity index (χ1n) is 10.7. The fourth-order valence-electron chi connectivity index (χ4n) is 3.85. The zero-order chi connectivity index (χ0) is 23.5. The number of terminal acetylenes is 1. The van der Waals surface area contributed by atoms with Crippen molar-refractivity contribution < 1.29 is 9.53 Å². The number of H-pyrrole nitrogens is 1. The van der Waals surface area contributed by atoms with Crippen molar-refractivity contribution in [2.75, 3.05) is 39.1 Å². The van der Waals surface area contributed by atoms with E-state index in [0.717, 1.165) is 34.5 Å². The van der Waals surface area contributed by atoms with E-state index in [-0.39, 0.29) is 6.03 Å². The molecule has 8 heteroatoms. The Morgan fingerprint density at radius 3 is 2.91 bits per heavy atom. The Hall–Kier alpha value is -3.63. The average molecular weight is 464 g/mol. The Kier molecular flexibility index (Phi) is 6.47. The summed E-state index contributed by atoms with van der Waals surface area (Å²) in [5.41, 5.74) is 5.15. The van der Waals surface area contributed by atoms with E-state index in [0.29, 0.717) is 36.0 Å². The zero-order valence-electron chi connectivity index (χ0n) is 18.9. The summed E-state index contributed by atoms with van der Waals surface area (Å²) in [5, 5.41) is 4.77. The number of carbonyl (C=O) groups excluding carboxylic acids is 1. The number of ether oxygens (including phenoxy) is 1. The number of anilines is 2. The molecule has 33 heavy (non-hydrogen) atoms. The number of hydrogen-bond acceptors (Lipinski definition) is 4. The van der Waals surface area contributed by atoms with E-state index in [2.05, 4.69) is 33.3 Å². The number of pyridine rings is 1. The molecule has 0 saturated carbocycles. The van der Waals surface area contributed by atoms with Crippen LogP contribution in [0.2, 0.25) is 5.02 Å². The summed E-state index contributed by atoms with van der Waals surface area (Å²) < 4.78 is 5.36. The van der Waals surface area contributed by atoms with Crippen molar-refractivity contribution in [2.45, 2.75) is 13.3 Å². The third-order valence-corrected chi connectivity index (χ3v) is 6.24. The minimum atomic E-state index is 0.0577. The molecular weight excluding hydrogens is 438 g/mol. The highest BCUT2D eigenvalue weighted by atomic mass is 35.5. The van der Waals surface area contributed by atoms with Crippen LogP contribution in [0, 0.1) is 12.3 Å². The van der Waals surface area contributed by atoms with Gasteiger partial charge in [-0.3, -0.25) is 0 Å². The standard InChI is InChI=1S/C25H26ClN5O2/c1-5-16-13-18(14-22(33-4)23(16)26)28-20-7-10-27-24-19(20)15-21(29-24)17-8-11-31(12-9-17)25(32)30(3)6-2/h1,7-8,10,13-15H,6,9,11-12H2,2-4H3,(H2,27,28,29). The maximum absolute atomic E-state index is 12.4. The number of nitrogens with one attached hydrogen (secondary N) is 2. The molecule has 0 unspecified atom stereocenters. The maximum Gasteiger partial charge on any atom is 0.320 e. The number of nitrogens with zero attached hydrogens (tertiary/aromatic N) is 3. The van der Waals surface area contributed by atoms with Crippen LogP contribution in [0.15, 0.2) is 36.5 Å². The lowest BCUT2D eigenvalue weighted by Gasteiger charge is -2.30. The number of rotatable bonds is 5. The summed E-state index contributed by atoms with van der Waals surface area (Å²) in [5.74, 6) is 3.10. The van der Waals surface area contributed by atoms with Gasteiger partial charge in [0.2, 0.25) is 0 Å². The Bertz CT molecular complexity index is 1270. The van der Waals surface area contributed by atoms with E-state index in [9.17, 15) is 4.79 Å². The van der Waals surface area contributed by atoms with Gasteiger partial charge >= 0.3 is 6.03 Å². The minimum absolute atomic E-state index is 0.0577. The fraction of sp³-hybridized carbons (Fsp3) is 0.280. The average Bonchev–Trinajstić information content (AvgIpc) is 3.29. The lowest BCUT2D eigenvalue weighted by Crippen LogP contribution is -2.43. The number of aromatic nitrogens is 2. The number of urea groups is 1. The van der Waals surface area contributed by atoms with Crippen LogP contribution in [-0.2, 0) is 0 Å². The largest absolute Gasteiger partial charge is 0.495 e. The van der Waals surface area contributed by atoms with Crippen LogP contribution < -0.4 is 10.1 Å². The van der Waals surface area contributed by atoms with Gasteiger partial charge < -0.3 is 24.8 Å². The monoisotopic (exact) mass is 463 g/mol. The lowest BCUT2D eigenvalue weighted by molar-refractivity contribution is 0.169. The molecule has 0 aliphatic carbocycles. The van der Waals surface area contributed by atoms with Crippen LogP contribution in [-0.4, -0.2) is 59.6 Å². The summed E-state index contributed by atoms with van der Waals surface area (Å²) in [4.78, 5) is 23.9. The molecule has 170 valence electrons. The molecule has 1 aliphatic heterocycles. The van der Waals surface area contributed by atoms with Gasteiger partial charge in [-0.15, -0.1) is 6.42 Å². The van der Waals surface area contributed by atoms with E-state index in [4.69, 9.17) is 22.8 Å². The van der Waals surface area contributed by atoms with Gasteiger partial charge in [0.1, 0.15) is 11.4 Å². The maximum atomic E-state index is 12.4. The minimum Gasteiger partial charge on any atom is -0.495 e. The molecule has 1 aliphatic rings. The summed E-state index contributed by atoms with van der Waals surface area (Å²) in [6, 6.07) is 7.68. The Labute approximate surface area is 198 Å². The van der Waals surface area contributed by atoms with Gasteiger partial charge in [-0.05, 0) is 37.1 Å². The molecule has 2 amide bonds. The highest BCUT2D eigenvalue weighted by molar-refractivity contribution is 6.33. The molecule has 7 nitrogen and oxygen atoms in total. The van der Waals surface area contributed by atoms with Crippen LogP contribution in [0.25, 0.3) is 16.6 Å². The number of methoxy groups -OCH3 is 1. The third kappa shape index (κ3) is 4.48. The van der Waals surface area contributed by atoms with Crippen LogP contribution in [0.4, 0.5) is 16.2 Å². The van der Waals surface area contributed by atoms with E-state index in [1.54, 1.807) is 18.2 Å². The molecule has 0 saturated heterocycles. The van der Waals surface area contributed by atoms with E-state index in [1.807, 2.05) is 37.1 Å². The summed E-state index contributed by atoms with van der Waals surface area (Å²) in [7, 11) is 3.38. The van der Waals surface area contributed by atoms with Gasteiger partial charge in [-0.1, -0.05) is 23.6 Å².